The van der Waals surface area contributed by atoms with Gasteiger partial charge in [-0.25, -0.2) is 4.98 Å². The van der Waals surface area contributed by atoms with Gasteiger partial charge in [0.25, 0.3) is 0 Å². The number of carbonyl (C=O) groups excluding carboxylic acids is 2. The lowest BCUT2D eigenvalue weighted by molar-refractivity contribution is -0.116. The molecule has 2 aromatic heterocycles. The number of nitrogens with zero attached hydrogens (tertiary/aromatic N) is 4. The number of rotatable bonds is 9. The Morgan fingerprint density at radius 1 is 1.17 bits per heavy atom. The van der Waals surface area contributed by atoms with Gasteiger partial charge in [0.05, 0.1) is 25.0 Å². The molecule has 2 N–H and O–H groups in total. The molecule has 0 fully saturated rings. The molecule has 3 aromatic rings. The maximum Gasteiger partial charge on any atom is 0.236 e. The van der Waals surface area contributed by atoms with Crippen molar-refractivity contribution in [3.8, 4) is 5.75 Å². The van der Waals surface area contributed by atoms with Crippen molar-refractivity contribution < 1.29 is 14.3 Å². The van der Waals surface area contributed by atoms with E-state index < -0.39 is 0 Å². The van der Waals surface area contributed by atoms with Crippen LogP contribution >= 0.6 is 23.1 Å². The van der Waals surface area contributed by atoms with E-state index in [0.29, 0.717) is 28.3 Å². The average molecular weight is 447 g/mol. The van der Waals surface area contributed by atoms with Gasteiger partial charge in [-0.3, -0.25) is 9.59 Å². The van der Waals surface area contributed by atoms with Crippen LogP contribution in [0, 0.1) is 6.92 Å². The molecule has 11 heteroatoms. The highest BCUT2D eigenvalue weighted by atomic mass is 32.2. The normalized spacial score (nSPS) is 10.6. The lowest BCUT2D eigenvalue weighted by Gasteiger charge is -2.08. The number of thiazole rings is 1. The lowest BCUT2D eigenvalue weighted by Crippen LogP contribution is -2.18. The second-order valence-electron chi connectivity index (χ2n) is 6.23. The SMILES string of the molecule is CCn1c(CC(=O)Nc2ccc(OC)cc2)nnc1SCC(=O)Nc1nc(C)cs1. The summed E-state index contributed by atoms with van der Waals surface area (Å²) in [6.45, 7) is 4.40. The molecule has 0 aliphatic rings. The zero-order valence-electron chi connectivity index (χ0n) is 16.8. The van der Waals surface area contributed by atoms with Crippen molar-refractivity contribution in [3.05, 3.63) is 41.2 Å². The molecule has 0 aliphatic heterocycles. The Bertz CT molecular complexity index is 1020. The first kappa shape index (κ1) is 21.8. The maximum atomic E-state index is 12.4. The van der Waals surface area contributed by atoms with E-state index in [1.54, 1.807) is 31.4 Å². The van der Waals surface area contributed by atoms with Crippen LogP contribution in [0.1, 0.15) is 18.4 Å². The third-order valence-corrected chi connectivity index (χ3v) is 5.84. The molecule has 0 unspecified atom stereocenters. The van der Waals surface area contributed by atoms with E-state index in [1.165, 1.54) is 23.1 Å². The summed E-state index contributed by atoms with van der Waals surface area (Å²) in [5.41, 5.74) is 1.54. The van der Waals surface area contributed by atoms with E-state index in [2.05, 4.69) is 25.8 Å². The Morgan fingerprint density at radius 2 is 1.93 bits per heavy atom. The smallest absolute Gasteiger partial charge is 0.236 e. The molecular formula is C19H22N6O3S2. The quantitative estimate of drug-likeness (QED) is 0.486. The Balaban J connectivity index is 1.56. The number of amides is 2. The average Bonchev–Trinajstić information content (AvgIpc) is 3.32. The zero-order chi connectivity index (χ0) is 21.5. The van der Waals surface area contributed by atoms with E-state index in [9.17, 15) is 9.59 Å². The minimum atomic E-state index is -0.198. The minimum Gasteiger partial charge on any atom is -0.497 e. The summed E-state index contributed by atoms with van der Waals surface area (Å²) in [4.78, 5) is 28.7. The molecule has 30 heavy (non-hydrogen) atoms. The van der Waals surface area contributed by atoms with E-state index in [4.69, 9.17) is 4.74 Å². The zero-order valence-corrected chi connectivity index (χ0v) is 18.5. The lowest BCUT2D eigenvalue weighted by atomic mass is 10.3. The van der Waals surface area contributed by atoms with Crippen LogP contribution in [0.2, 0.25) is 0 Å². The number of carbonyl (C=O) groups is 2. The number of aryl methyl sites for hydroxylation is 1. The van der Waals surface area contributed by atoms with Crippen molar-refractivity contribution >= 4 is 45.7 Å². The van der Waals surface area contributed by atoms with Crippen LogP contribution in [0.5, 0.6) is 5.75 Å². The van der Waals surface area contributed by atoms with Crippen LogP contribution in [-0.2, 0) is 22.6 Å². The van der Waals surface area contributed by atoms with Gasteiger partial charge in [0.1, 0.15) is 11.6 Å². The molecule has 0 spiro atoms. The van der Waals surface area contributed by atoms with Gasteiger partial charge in [0, 0.05) is 17.6 Å². The Labute approximate surface area is 182 Å². The van der Waals surface area contributed by atoms with E-state index in [1.807, 2.05) is 23.8 Å². The van der Waals surface area contributed by atoms with E-state index in [-0.39, 0.29) is 24.0 Å². The first-order valence-corrected chi connectivity index (χ1v) is 11.1. The van der Waals surface area contributed by atoms with E-state index in [0.717, 1.165) is 11.4 Å². The molecule has 0 bridgehead atoms. The monoisotopic (exact) mass is 446 g/mol. The topological polar surface area (TPSA) is 111 Å². The number of thioether (sulfide) groups is 1. The van der Waals surface area contributed by atoms with Crippen molar-refractivity contribution in [2.24, 2.45) is 0 Å². The largest absolute Gasteiger partial charge is 0.497 e. The molecule has 0 radical (unpaired) electrons. The van der Waals surface area contributed by atoms with Crippen molar-refractivity contribution in [1.29, 1.82) is 0 Å². The first-order valence-electron chi connectivity index (χ1n) is 9.19. The molecule has 0 aliphatic carbocycles. The van der Waals surface area contributed by atoms with Crippen LogP contribution in [0.25, 0.3) is 0 Å². The van der Waals surface area contributed by atoms with Crippen molar-refractivity contribution in [3.63, 3.8) is 0 Å². The van der Waals surface area contributed by atoms with Gasteiger partial charge in [0.15, 0.2) is 10.3 Å². The highest BCUT2D eigenvalue weighted by Crippen LogP contribution is 2.20. The Hall–Kier alpha value is -2.92. The molecular weight excluding hydrogens is 424 g/mol. The summed E-state index contributed by atoms with van der Waals surface area (Å²) in [5, 5.41) is 16.9. The molecule has 0 saturated carbocycles. The number of benzene rings is 1. The van der Waals surface area contributed by atoms with Crippen molar-refractivity contribution in [2.45, 2.75) is 32.0 Å². The third-order valence-electron chi connectivity index (χ3n) is 4.00. The van der Waals surface area contributed by atoms with Crippen molar-refractivity contribution in [1.82, 2.24) is 19.7 Å². The van der Waals surface area contributed by atoms with Crippen LogP contribution in [0.4, 0.5) is 10.8 Å². The van der Waals surface area contributed by atoms with Gasteiger partial charge in [-0.1, -0.05) is 11.8 Å². The van der Waals surface area contributed by atoms with Gasteiger partial charge < -0.3 is 19.9 Å². The van der Waals surface area contributed by atoms with Gasteiger partial charge >= 0.3 is 0 Å². The van der Waals surface area contributed by atoms with Crippen LogP contribution in [0.3, 0.4) is 0 Å². The Morgan fingerprint density at radius 3 is 2.57 bits per heavy atom. The van der Waals surface area contributed by atoms with E-state index >= 15 is 0 Å². The summed E-state index contributed by atoms with van der Waals surface area (Å²) in [6.07, 6.45) is 0.0814. The second-order valence-corrected chi connectivity index (χ2v) is 8.03. The summed E-state index contributed by atoms with van der Waals surface area (Å²) < 4.78 is 6.94. The third kappa shape index (κ3) is 5.80. The predicted molar refractivity (Wildman–Crippen MR) is 117 cm³/mol. The number of aromatic nitrogens is 4. The fourth-order valence-electron chi connectivity index (χ4n) is 2.59. The number of nitrogens with one attached hydrogen (secondary N) is 2. The van der Waals surface area contributed by atoms with Gasteiger partial charge in [0.2, 0.25) is 11.8 Å². The molecule has 158 valence electrons. The van der Waals surface area contributed by atoms with Gasteiger partial charge in [-0.2, -0.15) is 0 Å². The summed E-state index contributed by atoms with van der Waals surface area (Å²) in [5.74, 6) is 1.07. The number of ether oxygens (including phenoxy) is 1. The molecule has 2 amide bonds. The number of hydrogen-bond acceptors (Lipinski definition) is 8. The summed E-state index contributed by atoms with van der Waals surface area (Å²) >= 11 is 2.65. The fourth-order valence-corrected chi connectivity index (χ4v) is 4.12. The molecule has 3 rings (SSSR count). The maximum absolute atomic E-state index is 12.4. The van der Waals surface area contributed by atoms with Crippen LogP contribution in [-0.4, -0.2) is 44.4 Å². The molecule has 9 nitrogen and oxygen atoms in total. The fraction of sp³-hybridized carbons (Fsp3) is 0.316. The second kappa shape index (κ2) is 10.2. The first-order chi connectivity index (χ1) is 14.5. The van der Waals surface area contributed by atoms with Crippen LogP contribution in [0.15, 0.2) is 34.8 Å². The summed E-state index contributed by atoms with van der Waals surface area (Å²) in [7, 11) is 1.59. The highest BCUT2D eigenvalue weighted by molar-refractivity contribution is 7.99. The Kier molecular flexibility index (Phi) is 7.41. The van der Waals surface area contributed by atoms with Crippen molar-refractivity contribution in [2.75, 3.05) is 23.5 Å². The minimum absolute atomic E-state index is 0.0814. The molecule has 0 atom stereocenters. The predicted octanol–water partition coefficient (Wildman–Crippen LogP) is 2.98. The standard InChI is InChI=1S/C19H22N6O3S2/c1-4-25-15(9-16(26)21-13-5-7-14(28-3)8-6-13)23-24-19(25)30-11-17(27)22-18-20-12(2)10-29-18/h5-8,10H,4,9,11H2,1-3H3,(H,21,26)(H,20,22,27). The molecule has 1 aromatic carbocycles. The van der Waals surface area contributed by atoms with Gasteiger partial charge in [-0.15, -0.1) is 21.5 Å². The van der Waals surface area contributed by atoms with Gasteiger partial charge in [-0.05, 0) is 38.1 Å². The number of hydrogen-bond donors (Lipinski definition) is 2. The highest BCUT2D eigenvalue weighted by Gasteiger charge is 2.16. The number of methoxy groups -OCH3 is 1. The summed E-state index contributed by atoms with van der Waals surface area (Å²) in [6, 6.07) is 7.09. The molecule has 2 heterocycles. The number of anilines is 2. The molecule has 0 saturated heterocycles. The van der Waals surface area contributed by atoms with Crippen LogP contribution < -0.4 is 15.4 Å².